The predicted octanol–water partition coefficient (Wildman–Crippen LogP) is 3.07. The van der Waals surface area contributed by atoms with Crippen molar-refractivity contribution in [2.45, 2.75) is 44.6 Å². The molecule has 0 aromatic heterocycles. The molecule has 1 rings (SSSR count). The third-order valence-corrected chi connectivity index (χ3v) is 2.84. The molecular formula is C10H17ClO. The Hall–Kier alpha value is -0.0100. The molecule has 0 radical (unpaired) electrons. The molecule has 70 valence electrons. The third-order valence-electron chi connectivity index (χ3n) is 2.66. The van der Waals surface area contributed by atoms with Crippen LogP contribution in [0.1, 0.15) is 38.5 Å². The van der Waals surface area contributed by atoms with E-state index in [1.165, 1.54) is 37.6 Å². The second kappa shape index (κ2) is 5.60. The zero-order chi connectivity index (χ0) is 8.81. The molecule has 0 aromatic carbocycles. The van der Waals surface area contributed by atoms with E-state index in [2.05, 4.69) is 0 Å². The molecule has 2 heteroatoms. The zero-order valence-electron chi connectivity index (χ0n) is 7.38. The van der Waals surface area contributed by atoms with Gasteiger partial charge in [0.2, 0.25) is 0 Å². The molecule has 1 fully saturated rings. The number of hydrogen-bond donors (Lipinski definition) is 1. The summed E-state index contributed by atoms with van der Waals surface area (Å²) >= 11 is 5.39. The summed E-state index contributed by atoms with van der Waals surface area (Å²) in [5.41, 5.74) is 1.49. The van der Waals surface area contributed by atoms with Gasteiger partial charge < -0.3 is 5.11 Å². The largest absolute Gasteiger partial charge is 0.393 e. The Kier molecular flexibility index (Phi) is 4.70. The fraction of sp³-hybridized carbons (Fsp3) is 0.800. The Balaban J connectivity index is 2.24. The van der Waals surface area contributed by atoms with Gasteiger partial charge in [-0.15, -0.1) is 0 Å². The minimum Gasteiger partial charge on any atom is -0.393 e. The second-order valence-electron chi connectivity index (χ2n) is 3.56. The zero-order valence-corrected chi connectivity index (χ0v) is 8.13. The lowest BCUT2D eigenvalue weighted by atomic mass is 9.84. The van der Waals surface area contributed by atoms with Crippen molar-refractivity contribution in [1.29, 1.82) is 0 Å². The molecule has 0 spiro atoms. The van der Waals surface area contributed by atoms with Gasteiger partial charge in [0.1, 0.15) is 0 Å². The molecule has 1 unspecified atom stereocenters. The summed E-state index contributed by atoms with van der Waals surface area (Å²) in [6.45, 7) is 0. The number of halogens is 1. The second-order valence-corrected chi connectivity index (χ2v) is 3.81. The van der Waals surface area contributed by atoms with Crippen molar-refractivity contribution >= 4 is 11.6 Å². The number of rotatable bonds is 3. The highest BCUT2D eigenvalue weighted by Gasteiger charge is 2.20. The Morgan fingerprint density at radius 3 is 2.58 bits per heavy atom. The van der Waals surface area contributed by atoms with Crippen molar-refractivity contribution in [1.82, 2.24) is 0 Å². The van der Waals surface area contributed by atoms with E-state index < -0.39 is 0 Å². The van der Waals surface area contributed by atoms with E-state index in [1.807, 2.05) is 6.08 Å². The first-order chi connectivity index (χ1) is 5.84. The summed E-state index contributed by atoms with van der Waals surface area (Å²) in [7, 11) is 0. The summed E-state index contributed by atoms with van der Waals surface area (Å²) in [5, 5.41) is 9.70. The predicted molar refractivity (Wildman–Crippen MR) is 52.2 cm³/mol. The first kappa shape index (κ1) is 10.1. The van der Waals surface area contributed by atoms with Crippen LogP contribution in [0.15, 0.2) is 11.6 Å². The van der Waals surface area contributed by atoms with Crippen LogP contribution in [0.25, 0.3) is 0 Å². The highest BCUT2D eigenvalue weighted by Crippen LogP contribution is 2.27. The van der Waals surface area contributed by atoms with Crippen LogP contribution in [0, 0.1) is 5.92 Å². The molecule has 1 aliphatic rings. The third kappa shape index (κ3) is 3.16. The van der Waals surface area contributed by atoms with E-state index in [9.17, 15) is 5.11 Å². The minimum atomic E-state index is -0.166. The maximum atomic E-state index is 9.70. The highest BCUT2D eigenvalue weighted by molar-refractivity contribution is 6.25. The average Bonchev–Trinajstić information content (AvgIpc) is 2.15. The lowest BCUT2D eigenvalue weighted by Crippen LogP contribution is -2.21. The van der Waals surface area contributed by atoms with Gasteiger partial charge in [0.05, 0.1) is 6.10 Å². The van der Waals surface area contributed by atoms with Gasteiger partial charge in [0.25, 0.3) is 0 Å². The topological polar surface area (TPSA) is 20.2 Å². The summed E-state index contributed by atoms with van der Waals surface area (Å²) in [5.74, 6) is 0.520. The molecule has 1 aliphatic carbocycles. The summed E-state index contributed by atoms with van der Waals surface area (Å²) in [6, 6.07) is 0. The minimum absolute atomic E-state index is 0.166. The molecule has 0 saturated heterocycles. The number of aliphatic hydroxyl groups excluding tert-OH is 1. The fourth-order valence-electron chi connectivity index (χ4n) is 1.90. The van der Waals surface area contributed by atoms with Crippen LogP contribution in [0.3, 0.4) is 0 Å². The van der Waals surface area contributed by atoms with Gasteiger partial charge in [-0.25, -0.2) is 0 Å². The normalized spacial score (nSPS) is 23.2. The number of hydrogen-bond acceptors (Lipinski definition) is 1. The molecule has 0 heterocycles. The first-order valence-corrected chi connectivity index (χ1v) is 5.21. The van der Waals surface area contributed by atoms with Gasteiger partial charge in [0.15, 0.2) is 0 Å². The summed E-state index contributed by atoms with van der Waals surface area (Å²) in [6.07, 6.45) is 8.68. The Bertz CT molecular complexity index is 139. The molecule has 1 nitrogen and oxygen atoms in total. The van der Waals surface area contributed by atoms with Crippen LogP contribution in [-0.4, -0.2) is 11.2 Å². The fourth-order valence-corrected chi connectivity index (χ4v) is 2.01. The lowest BCUT2D eigenvalue weighted by molar-refractivity contribution is 0.0874. The molecule has 0 aromatic rings. The van der Waals surface area contributed by atoms with Gasteiger partial charge in [-0.1, -0.05) is 36.9 Å². The van der Waals surface area contributed by atoms with E-state index in [0.29, 0.717) is 12.3 Å². The van der Waals surface area contributed by atoms with Crippen molar-refractivity contribution in [2.75, 3.05) is 0 Å². The van der Waals surface area contributed by atoms with Crippen molar-refractivity contribution in [3.05, 3.63) is 11.6 Å². The van der Waals surface area contributed by atoms with Crippen molar-refractivity contribution < 1.29 is 5.11 Å². The highest BCUT2D eigenvalue weighted by atomic mass is 35.5. The Labute approximate surface area is 79.4 Å². The number of aliphatic hydroxyl groups is 1. The van der Waals surface area contributed by atoms with Gasteiger partial charge in [-0.05, 0) is 25.2 Å². The van der Waals surface area contributed by atoms with Crippen LogP contribution < -0.4 is 0 Å². The molecular weight excluding hydrogens is 172 g/mol. The van der Waals surface area contributed by atoms with E-state index in [4.69, 9.17) is 11.6 Å². The van der Waals surface area contributed by atoms with E-state index in [0.717, 1.165) is 0 Å². The van der Waals surface area contributed by atoms with Crippen molar-refractivity contribution in [3.8, 4) is 0 Å². The molecule has 0 bridgehead atoms. The van der Waals surface area contributed by atoms with Crippen LogP contribution >= 0.6 is 11.6 Å². The molecule has 1 atom stereocenters. The van der Waals surface area contributed by atoms with E-state index >= 15 is 0 Å². The van der Waals surface area contributed by atoms with Gasteiger partial charge in [-0.2, -0.15) is 0 Å². The van der Waals surface area contributed by atoms with Crippen LogP contribution in [0.5, 0.6) is 0 Å². The van der Waals surface area contributed by atoms with Crippen LogP contribution in [0.2, 0.25) is 0 Å². The Morgan fingerprint density at radius 1 is 1.33 bits per heavy atom. The monoisotopic (exact) mass is 188 g/mol. The first-order valence-electron chi connectivity index (χ1n) is 4.78. The molecule has 12 heavy (non-hydrogen) atoms. The molecule has 0 aliphatic heterocycles. The van der Waals surface area contributed by atoms with Crippen molar-refractivity contribution in [2.24, 2.45) is 5.92 Å². The SMILES string of the molecule is OC(C/C=C/Cl)C1CCCCC1. The van der Waals surface area contributed by atoms with Crippen LogP contribution in [0.4, 0.5) is 0 Å². The van der Waals surface area contributed by atoms with Gasteiger partial charge in [-0.3, -0.25) is 0 Å². The average molecular weight is 189 g/mol. The van der Waals surface area contributed by atoms with E-state index in [1.54, 1.807) is 0 Å². The van der Waals surface area contributed by atoms with Crippen LogP contribution in [-0.2, 0) is 0 Å². The van der Waals surface area contributed by atoms with Gasteiger partial charge in [0, 0.05) is 5.54 Å². The summed E-state index contributed by atoms with van der Waals surface area (Å²) < 4.78 is 0. The Morgan fingerprint density at radius 2 is 2.00 bits per heavy atom. The molecule has 1 saturated carbocycles. The van der Waals surface area contributed by atoms with Gasteiger partial charge >= 0.3 is 0 Å². The molecule has 1 N–H and O–H groups in total. The molecule has 0 amide bonds. The standard InChI is InChI=1S/C10H17ClO/c11-8-4-7-10(12)9-5-2-1-3-6-9/h4,8-10,12H,1-3,5-7H2/b8-4+. The maximum Gasteiger partial charge on any atom is 0.0603 e. The maximum absolute atomic E-state index is 9.70. The smallest absolute Gasteiger partial charge is 0.0603 e. The quantitative estimate of drug-likeness (QED) is 0.722. The van der Waals surface area contributed by atoms with Crippen molar-refractivity contribution in [3.63, 3.8) is 0 Å². The van der Waals surface area contributed by atoms with E-state index in [-0.39, 0.29) is 6.10 Å². The summed E-state index contributed by atoms with van der Waals surface area (Å²) in [4.78, 5) is 0. The lowest BCUT2D eigenvalue weighted by Gasteiger charge is -2.25.